The van der Waals surface area contributed by atoms with Gasteiger partial charge in [0.25, 0.3) is 3.93 Å². The number of hydrogen-bond donors (Lipinski definition) is 0. The van der Waals surface area contributed by atoms with Crippen LogP contribution in [0.3, 0.4) is 0 Å². The fourth-order valence-electron chi connectivity index (χ4n) is 3.43. The van der Waals surface area contributed by atoms with Gasteiger partial charge in [-0.3, -0.25) is 0 Å². The zero-order chi connectivity index (χ0) is 11.4. The van der Waals surface area contributed by atoms with Gasteiger partial charge in [-0.05, 0) is 45.8 Å². The highest BCUT2D eigenvalue weighted by Crippen LogP contribution is 2.74. The predicted molar refractivity (Wildman–Crippen MR) is 63.8 cm³/mol. The third-order valence-electron chi connectivity index (χ3n) is 4.09. The molecule has 0 aromatic carbocycles. The topological polar surface area (TPSA) is 0 Å². The minimum Gasteiger partial charge on any atom is -0.195 e. The van der Waals surface area contributed by atoms with E-state index in [1.54, 1.807) is 0 Å². The van der Waals surface area contributed by atoms with E-state index in [1.807, 2.05) is 13.8 Å². The van der Waals surface area contributed by atoms with Crippen molar-refractivity contribution in [1.29, 1.82) is 0 Å². The van der Waals surface area contributed by atoms with Crippen LogP contribution in [-0.2, 0) is 0 Å². The van der Waals surface area contributed by atoms with Gasteiger partial charge in [0, 0.05) is 5.92 Å². The molecule has 3 atom stereocenters. The molecule has 0 saturated heterocycles. The first kappa shape index (κ1) is 12.7. The molecule has 0 nitrogen and oxygen atoms in total. The zero-order valence-corrected chi connectivity index (χ0v) is 11.7. The van der Waals surface area contributed by atoms with Gasteiger partial charge in [-0.2, -0.15) is 8.78 Å². The van der Waals surface area contributed by atoms with E-state index in [4.69, 9.17) is 0 Å². The fourth-order valence-corrected chi connectivity index (χ4v) is 4.52. The van der Waals surface area contributed by atoms with Crippen LogP contribution in [0.1, 0.15) is 41.0 Å². The molecule has 2 unspecified atom stereocenters. The van der Waals surface area contributed by atoms with Crippen LogP contribution < -0.4 is 0 Å². The Morgan fingerprint density at radius 2 is 1.71 bits per heavy atom. The molecule has 1 aliphatic carbocycles. The van der Waals surface area contributed by atoms with Crippen LogP contribution in [0.2, 0.25) is 0 Å². The van der Waals surface area contributed by atoms with Gasteiger partial charge >= 0.3 is 0 Å². The van der Waals surface area contributed by atoms with E-state index in [0.29, 0.717) is 0 Å². The maximum atomic E-state index is 13.4. The third kappa shape index (κ3) is 1.59. The number of rotatable bonds is 2. The lowest BCUT2D eigenvalue weighted by molar-refractivity contribution is 0.0538. The molecule has 0 radical (unpaired) electrons. The Morgan fingerprint density at radius 1 is 1.29 bits per heavy atom. The fraction of sp³-hybridized carbons (Fsp3) is 1.00. The Morgan fingerprint density at radius 3 is 1.79 bits per heavy atom. The quantitative estimate of drug-likeness (QED) is 0.511. The van der Waals surface area contributed by atoms with Gasteiger partial charge in [0.05, 0.1) is 0 Å². The lowest BCUT2D eigenvalue weighted by atomic mass is 9.73. The molecule has 0 amide bonds. The van der Waals surface area contributed by atoms with E-state index in [9.17, 15) is 8.78 Å². The SMILES string of the molecule is CCC1(C(C)(C)C)C(C(F)(F)I)[C@H]1C. The molecule has 1 saturated carbocycles. The van der Waals surface area contributed by atoms with Crippen molar-refractivity contribution in [2.75, 3.05) is 0 Å². The predicted octanol–water partition coefficient (Wildman–Crippen LogP) is 4.72. The molecule has 1 aliphatic rings. The molecule has 0 N–H and O–H groups in total. The average molecular weight is 316 g/mol. The molecule has 0 spiro atoms. The van der Waals surface area contributed by atoms with Crippen molar-refractivity contribution >= 4 is 22.6 Å². The van der Waals surface area contributed by atoms with Gasteiger partial charge < -0.3 is 0 Å². The van der Waals surface area contributed by atoms with Crippen molar-refractivity contribution in [2.45, 2.75) is 45.0 Å². The van der Waals surface area contributed by atoms with E-state index < -0.39 is 9.85 Å². The molecule has 0 heterocycles. The summed E-state index contributed by atoms with van der Waals surface area (Å²) in [5.74, 6) is -0.306. The molecular formula is C11H19F2I. The molecule has 1 fully saturated rings. The summed E-state index contributed by atoms with van der Waals surface area (Å²) in [7, 11) is 0. The van der Waals surface area contributed by atoms with Crippen molar-refractivity contribution in [3.63, 3.8) is 0 Å². The first-order valence-corrected chi connectivity index (χ1v) is 6.23. The van der Waals surface area contributed by atoms with Crippen LogP contribution in [0.5, 0.6) is 0 Å². The molecule has 84 valence electrons. The van der Waals surface area contributed by atoms with E-state index >= 15 is 0 Å². The highest BCUT2D eigenvalue weighted by atomic mass is 127. The third-order valence-corrected chi connectivity index (χ3v) is 4.76. The second-order valence-corrected chi connectivity index (χ2v) is 6.89. The lowest BCUT2D eigenvalue weighted by Crippen LogP contribution is -2.28. The van der Waals surface area contributed by atoms with Gasteiger partial charge in [0.15, 0.2) is 0 Å². The number of halogens is 3. The van der Waals surface area contributed by atoms with E-state index in [2.05, 4.69) is 20.8 Å². The minimum atomic E-state index is -2.56. The second-order valence-electron chi connectivity index (χ2n) is 5.45. The maximum Gasteiger partial charge on any atom is 0.300 e. The molecule has 0 aromatic rings. The monoisotopic (exact) mass is 316 g/mol. The van der Waals surface area contributed by atoms with E-state index in [1.165, 1.54) is 22.6 Å². The summed E-state index contributed by atoms with van der Waals surface area (Å²) >= 11 is 1.30. The Balaban J connectivity index is 2.98. The second kappa shape index (κ2) is 3.29. The Labute approximate surface area is 99.0 Å². The summed E-state index contributed by atoms with van der Waals surface area (Å²) in [6.07, 6.45) is 0.848. The summed E-state index contributed by atoms with van der Waals surface area (Å²) in [5.41, 5.74) is -0.196. The molecular weight excluding hydrogens is 297 g/mol. The standard InChI is InChI=1S/C11H19F2I/c1-6-10(9(3,4)5)7(2)8(10)11(12,13)14/h7-8H,6H2,1-5H3/t7-,8?,10?/m1/s1. The molecule has 0 aliphatic heterocycles. The van der Waals surface area contributed by atoms with Crippen LogP contribution in [0, 0.1) is 22.7 Å². The van der Waals surface area contributed by atoms with E-state index in [0.717, 1.165) is 6.42 Å². The van der Waals surface area contributed by atoms with Crippen molar-refractivity contribution in [3.05, 3.63) is 0 Å². The Hall–Kier alpha value is 0.590. The lowest BCUT2D eigenvalue weighted by Gasteiger charge is -2.33. The summed E-state index contributed by atoms with van der Waals surface area (Å²) in [6.45, 7) is 10.2. The average Bonchev–Trinajstić information content (AvgIpc) is 2.54. The Bertz CT molecular complexity index is 226. The van der Waals surface area contributed by atoms with Gasteiger partial charge in [-0.25, -0.2) is 0 Å². The molecule has 3 heteroatoms. The zero-order valence-electron chi connectivity index (χ0n) is 9.50. The minimum absolute atomic E-state index is 0.0273. The molecule has 0 bridgehead atoms. The highest BCUT2D eigenvalue weighted by Gasteiger charge is 2.73. The number of hydrogen-bond acceptors (Lipinski definition) is 0. The van der Waals surface area contributed by atoms with Gasteiger partial charge in [-0.1, -0.05) is 34.6 Å². The van der Waals surface area contributed by atoms with Gasteiger partial charge in [-0.15, -0.1) is 0 Å². The van der Waals surface area contributed by atoms with Crippen LogP contribution in [0.25, 0.3) is 0 Å². The molecule has 1 rings (SSSR count). The summed E-state index contributed by atoms with van der Waals surface area (Å²) in [6, 6.07) is 0. The van der Waals surface area contributed by atoms with Crippen molar-refractivity contribution in [1.82, 2.24) is 0 Å². The smallest absolute Gasteiger partial charge is 0.195 e. The first-order valence-electron chi connectivity index (χ1n) is 5.15. The highest BCUT2D eigenvalue weighted by molar-refractivity contribution is 14.1. The Kier molecular flexibility index (Phi) is 2.97. The normalized spacial score (nSPS) is 38.6. The van der Waals surface area contributed by atoms with Crippen molar-refractivity contribution in [3.8, 4) is 0 Å². The van der Waals surface area contributed by atoms with Gasteiger partial charge in [0.2, 0.25) is 0 Å². The number of alkyl halides is 3. The largest absolute Gasteiger partial charge is 0.300 e. The summed E-state index contributed by atoms with van der Waals surface area (Å²) < 4.78 is 24.2. The van der Waals surface area contributed by atoms with E-state index in [-0.39, 0.29) is 16.7 Å². The summed E-state index contributed by atoms with van der Waals surface area (Å²) in [4.78, 5) is 0. The van der Waals surface area contributed by atoms with Crippen LogP contribution >= 0.6 is 22.6 Å². The molecule has 0 aromatic heterocycles. The molecule has 14 heavy (non-hydrogen) atoms. The maximum absolute atomic E-state index is 13.4. The van der Waals surface area contributed by atoms with Crippen LogP contribution in [0.15, 0.2) is 0 Å². The van der Waals surface area contributed by atoms with Crippen molar-refractivity contribution in [2.24, 2.45) is 22.7 Å². The van der Waals surface area contributed by atoms with Gasteiger partial charge in [0.1, 0.15) is 0 Å². The van der Waals surface area contributed by atoms with Crippen LogP contribution in [-0.4, -0.2) is 3.93 Å². The van der Waals surface area contributed by atoms with Crippen molar-refractivity contribution < 1.29 is 8.78 Å². The van der Waals surface area contributed by atoms with Crippen LogP contribution in [0.4, 0.5) is 8.78 Å². The summed E-state index contributed by atoms with van der Waals surface area (Å²) in [5, 5.41) is 0. The first-order chi connectivity index (χ1) is 6.09.